The first kappa shape index (κ1) is 17.3. The molecule has 0 radical (unpaired) electrons. The minimum absolute atomic E-state index is 0.147. The largest absolute Gasteiger partial charge is 0.493 e. The van der Waals surface area contributed by atoms with Crippen LogP contribution in [0.3, 0.4) is 0 Å². The lowest BCUT2D eigenvalue weighted by Gasteiger charge is -2.15. The minimum atomic E-state index is -0.307. The molecule has 1 amide bonds. The summed E-state index contributed by atoms with van der Waals surface area (Å²) in [6, 6.07) is 7.17. The highest BCUT2D eigenvalue weighted by Crippen LogP contribution is 2.29. The number of carbonyl (C=O) groups is 1. The van der Waals surface area contributed by atoms with Gasteiger partial charge in [-0.2, -0.15) is 0 Å². The maximum Gasteiger partial charge on any atom is 0.290 e. The molecular weight excluding hydrogens is 324 g/mol. The van der Waals surface area contributed by atoms with Crippen molar-refractivity contribution >= 4 is 5.91 Å². The van der Waals surface area contributed by atoms with Crippen molar-refractivity contribution in [2.75, 3.05) is 20.3 Å². The monoisotopic (exact) mass is 346 g/mol. The number of ether oxygens (including phenoxy) is 3. The Hall–Kier alpha value is -2.54. The van der Waals surface area contributed by atoms with Crippen LogP contribution in [0.2, 0.25) is 0 Å². The maximum atomic E-state index is 12.0. The average Bonchev–Trinajstić information content (AvgIpc) is 3.29. The van der Waals surface area contributed by atoms with Gasteiger partial charge in [-0.3, -0.25) is 4.79 Å². The molecule has 0 aliphatic carbocycles. The molecule has 1 aromatic heterocycles. The predicted molar refractivity (Wildman–Crippen MR) is 89.9 cm³/mol. The first-order chi connectivity index (χ1) is 12.2. The Morgan fingerprint density at radius 1 is 1.36 bits per heavy atom. The average molecular weight is 346 g/mol. The second-order valence-corrected chi connectivity index (χ2v) is 5.95. The van der Waals surface area contributed by atoms with Gasteiger partial charge in [0.2, 0.25) is 5.76 Å². The van der Waals surface area contributed by atoms with Crippen molar-refractivity contribution in [2.45, 2.75) is 32.4 Å². The van der Waals surface area contributed by atoms with Crippen LogP contribution in [0.1, 0.15) is 34.7 Å². The minimum Gasteiger partial charge on any atom is -0.493 e. The van der Waals surface area contributed by atoms with Crippen LogP contribution in [0, 0.1) is 6.92 Å². The van der Waals surface area contributed by atoms with Crippen LogP contribution in [0.5, 0.6) is 11.5 Å². The number of nitrogens with zero attached hydrogens (tertiary/aromatic N) is 1. The number of hydrogen-bond acceptors (Lipinski definition) is 6. The molecule has 1 fully saturated rings. The Labute approximate surface area is 146 Å². The van der Waals surface area contributed by atoms with Crippen molar-refractivity contribution in [3.63, 3.8) is 0 Å². The van der Waals surface area contributed by atoms with E-state index in [2.05, 4.69) is 10.5 Å². The van der Waals surface area contributed by atoms with E-state index in [1.165, 1.54) is 0 Å². The SMILES string of the molecule is COc1cc(CNC(=O)c2cc(C)no2)ccc1OC[C@H]1CCCO1. The summed E-state index contributed by atoms with van der Waals surface area (Å²) < 4.78 is 21.7. The molecule has 1 aliphatic rings. The normalized spacial score (nSPS) is 16.6. The summed E-state index contributed by atoms with van der Waals surface area (Å²) in [5.41, 5.74) is 1.56. The van der Waals surface area contributed by atoms with Gasteiger partial charge in [-0.05, 0) is 37.5 Å². The Balaban J connectivity index is 1.57. The van der Waals surface area contributed by atoms with Crippen molar-refractivity contribution in [1.29, 1.82) is 0 Å². The van der Waals surface area contributed by atoms with Crippen LogP contribution in [0.4, 0.5) is 0 Å². The first-order valence-electron chi connectivity index (χ1n) is 8.28. The van der Waals surface area contributed by atoms with Gasteiger partial charge in [-0.1, -0.05) is 11.2 Å². The molecule has 25 heavy (non-hydrogen) atoms. The molecule has 1 N–H and O–H groups in total. The molecule has 1 saturated heterocycles. The predicted octanol–water partition coefficient (Wildman–Crippen LogP) is 2.48. The van der Waals surface area contributed by atoms with Gasteiger partial charge in [0.15, 0.2) is 11.5 Å². The summed E-state index contributed by atoms with van der Waals surface area (Å²) in [4.78, 5) is 12.0. The third-order valence-electron chi connectivity index (χ3n) is 3.98. The van der Waals surface area contributed by atoms with Gasteiger partial charge >= 0.3 is 0 Å². The highest BCUT2D eigenvalue weighted by molar-refractivity contribution is 5.91. The van der Waals surface area contributed by atoms with Crippen LogP contribution < -0.4 is 14.8 Å². The van der Waals surface area contributed by atoms with Gasteiger partial charge in [-0.25, -0.2) is 0 Å². The molecule has 134 valence electrons. The van der Waals surface area contributed by atoms with Gasteiger partial charge < -0.3 is 24.1 Å². The molecule has 2 aromatic rings. The Morgan fingerprint density at radius 3 is 2.92 bits per heavy atom. The van der Waals surface area contributed by atoms with E-state index in [0.29, 0.717) is 30.3 Å². The van der Waals surface area contributed by atoms with Crippen LogP contribution >= 0.6 is 0 Å². The number of carbonyl (C=O) groups excluding carboxylic acids is 1. The topological polar surface area (TPSA) is 82.8 Å². The van der Waals surface area contributed by atoms with Crippen LogP contribution in [0.25, 0.3) is 0 Å². The number of amides is 1. The third kappa shape index (κ3) is 4.51. The molecule has 0 bridgehead atoms. The molecule has 7 nitrogen and oxygen atoms in total. The van der Waals surface area contributed by atoms with E-state index in [-0.39, 0.29) is 17.8 Å². The molecule has 0 unspecified atom stereocenters. The number of hydrogen-bond donors (Lipinski definition) is 1. The molecule has 0 saturated carbocycles. The highest BCUT2D eigenvalue weighted by atomic mass is 16.5. The molecule has 1 aromatic carbocycles. The van der Waals surface area contributed by atoms with Crippen molar-refractivity contribution in [2.24, 2.45) is 0 Å². The van der Waals surface area contributed by atoms with E-state index in [1.54, 1.807) is 20.1 Å². The summed E-state index contributed by atoms with van der Waals surface area (Å²) in [6.45, 7) is 3.42. The smallest absolute Gasteiger partial charge is 0.290 e. The zero-order valence-electron chi connectivity index (χ0n) is 14.4. The van der Waals surface area contributed by atoms with Crippen LogP contribution in [0.15, 0.2) is 28.8 Å². The Bertz CT molecular complexity index is 722. The van der Waals surface area contributed by atoms with E-state index in [0.717, 1.165) is 25.0 Å². The molecule has 1 aliphatic heterocycles. The number of rotatable bonds is 7. The number of aromatic nitrogens is 1. The van der Waals surface area contributed by atoms with Crippen LogP contribution in [-0.4, -0.2) is 37.5 Å². The van der Waals surface area contributed by atoms with E-state index < -0.39 is 0 Å². The van der Waals surface area contributed by atoms with Gasteiger partial charge in [0.05, 0.1) is 18.9 Å². The van der Waals surface area contributed by atoms with E-state index >= 15 is 0 Å². The Morgan fingerprint density at radius 2 is 2.24 bits per heavy atom. The maximum absolute atomic E-state index is 12.0. The summed E-state index contributed by atoms with van der Waals surface area (Å²) in [5.74, 6) is 1.18. The summed E-state index contributed by atoms with van der Waals surface area (Å²) >= 11 is 0. The summed E-state index contributed by atoms with van der Waals surface area (Å²) in [7, 11) is 1.59. The first-order valence-corrected chi connectivity index (χ1v) is 8.28. The lowest BCUT2D eigenvalue weighted by molar-refractivity contribution is 0.0669. The number of benzene rings is 1. The lowest BCUT2D eigenvalue weighted by Crippen LogP contribution is -2.22. The molecular formula is C18H22N2O5. The molecule has 3 rings (SSSR count). The molecule has 1 atom stereocenters. The molecule has 7 heteroatoms. The lowest BCUT2D eigenvalue weighted by atomic mass is 10.2. The second-order valence-electron chi connectivity index (χ2n) is 5.95. The second kappa shape index (κ2) is 8.02. The summed E-state index contributed by atoms with van der Waals surface area (Å²) in [5, 5.41) is 6.49. The molecule has 0 spiro atoms. The fourth-order valence-corrected chi connectivity index (χ4v) is 2.64. The zero-order chi connectivity index (χ0) is 17.6. The van der Waals surface area contributed by atoms with Crippen molar-refractivity contribution in [3.8, 4) is 11.5 Å². The van der Waals surface area contributed by atoms with E-state index in [1.807, 2.05) is 18.2 Å². The molecule has 2 heterocycles. The fourth-order valence-electron chi connectivity index (χ4n) is 2.64. The number of nitrogens with one attached hydrogen (secondary N) is 1. The zero-order valence-corrected chi connectivity index (χ0v) is 14.4. The van der Waals surface area contributed by atoms with Crippen molar-refractivity contribution in [1.82, 2.24) is 10.5 Å². The third-order valence-corrected chi connectivity index (χ3v) is 3.98. The van der Waals surface area contributed by atoms with Crippen LogP contribution in [-0.2, 0) is 11.3 Å². The Kier molecular flexibility index (Phi) is 5.55. The van der Waals surface area contributed by atoms with E-state index in [9.17, 15) is 4.79 Å². The standard InChI is InChI=1S/C18H22N2O5/c1-12-8-17(25-20-12)18(21)19-10-13-5-6-15(16(9-13)22-2)24-11-14-4-3-7-23-14/h5-6,8-9,14H,3-4,7,10-11H2,1-2H3,(H,19,21)/t14-/m1/s1. The summed E-state index contributed by atoms with van der Waals surface area (Å²) in [6.07, 6.45) is 2.25. The fraction of sp³-hybridized carbons (Fsp3) is 0.444. The van der Waals surface area contributed by atoms with Gasteiger partial charge in [0.1, 0.15) is 6.61 Å². The van der Waals surface area contributed by atoms with Gasteiger partial charge in [-0.15, -0.1) is 0 Å². The van der Waals surface area contributed by atoms with Crippen molar-refractivity contribution in [3.05, 3.63) is 41.3 Å². The number of methoxy groups -OCH3 is 1. The van der Waals surface area contributed by atoms with E-state index in [4.69, 9.17) is 18.7 Å². The highest BCUT2D eigenvalue weighted by Gasteiger charge is 2.17. The van der Waals surface area contributed by atoms with Gasteiger partial charge in [0.25, 0.3) is 5.91 Å². The van der Waals surface area contributed by atoms with Gasteiger partial charge in [0, 0.05) is 19.2 Å². The number of aryl methyl sites for hydroxylation is 1. The van der Waals surface area contributed by atoms with Crippen molar-refractivity contribution < 1.29 is 23.5 Å². The quantitative estimate of drug-likeness (QED) is 0.829.